The number of aryl methyl sites for hydroxylation is 2. The molecule has 0 saturated heterocycles. The lowest BCUT2D eigenvalue weighted by Gasteiger charge is -2.14. The first-order chi connectivity index (χ1) is 17.1. The average Bonchev–Trinajstić information content (AvgIpc) is 3.34. The van der Waals surface area contributed by atoms with E-state index in [0.29, 0.717) is 18.1 Å². The quantitative estimate of drug-likeness (QED) is 0.153. The van der Waals surface area contributed by atoms with E-state index in [9.17, 15) is 0 Å². The number of benzene rings is 2. The van der Waals surface area contributed by atoms with Crippen LogP contribution in [0.4, 0.5) is 0 Å². The van der Waals surface area contributed by atoms with Crippen LogP contribution in [0.25, 0.3) is 27.3 Å². The Morgan fingerprint density at radius 1 is 1.09 bits per heavy atom. The van der Waals surface area contributed by atoms with Gasteiger partial charge in [0, 0.05) is 45.9 Å². The Hall–Kier alpha value is -3.94. The van der Waals surface area contributed by atoms with Gasteiger partial charge in [0.25, 0.3) is 0 Å². The molecule has 1 saturated carbocycles. The Morgan fingerprint density at radius 2 is 1.89 bits per heavy atom. The van der Waals surface area contributed by atoms with Crippen molar-refractivity contribution in [2.45, 2.75) is 38.3 Å². The van der Waals surface area contributed by atoms with Crippen molar-refractivity contribution >= 4 is 17.3 Å². The normalized spacial score (nSPS) is 15.1. The Morgan fingerprint density at radius 3 is 2.66 bits per heavy atom. The van der Waals surface area contributed by atoms with Crippen molar-refractivity contribution in [3.8, 4) is 16.8 Å². The van der Waals surface area contributed by atoms with Gasteiger partial charge in [-0.3, -0.25) is 14.2 Å². The fourth-order valence-electron chi connectivity index (χ4n) is 4.64. The molecular formula is C25H22ClN9. The van der Waals surface area contributed by atoms with Gasteiger partial charge in [0.05, 0.1) is 17.6 Å². The molecule has 4 aromatic rings. The van der Waals surface area contributed by atoms with Crippen LogP contribution in [0.1, 0.15) is 42.0 Å². The van der Waals surface area contributed by atoms with Gasteiger partial charge in [0.15, 0.2) is 5.82 Å². The Bertz CT molecular complexity index is 1500. The van der Waals surface area contributed by atoms with Crippen LogP contribution in [-0.4, -0.2) is 36.8 Å². The minimum Gasteiger partial charge on any atom is -0.280 e. The van der Waals surface area contributed by atoms with E-state index in [1.54, 1.807) is 0 Å². The number of halogens is 1. The number of nitrogens with zero attached hydrogens (tertiary/aromatic N) is 9. The summed E-state index contributed by atoms with van der Waals surface area (Å²) in [5.41, 5.74) is 14.2. The summed E-state index contributed by atoms with van der Waals surface area (Å²) in [7, 11) is 0. The Labute approximate surface area is 206 Å². The fourth-order valence-corrected chi connectivity index (χ4v) is 4.77. The first-order valence-corrected chi connectivity index (χ1v) is 11.9. The molecule has 0 radical (unpaired) electrons. The SMILES string of the molecule is Cc1nnc2n1-c1ccc(-c3cnn(CCCN=[N+]=[N-])c3)cc1C(c1ccc(Cl)cc1)=NC21CC1. The average molecular weight is 484 g/mol. The molecule has 6 rings (SSSR count). The van der Waals surface area contributed by atoms with Crippen molar-refractivity contribution in [1.29, 1.82) is 0 Å². The summed E-state index contributed by atoms with van der Waals surface area (Å²) in [5.74, 6) is 1.75. The number of hydrogen-bond donors (Lipinski definition) is 0. The zero-order valence-corrected chi connectivity index (χ0v) is 19.9. The summed E-state index contributed by atoms with van der Waals surface area (Å²) in [6.07, 6.45) is 6.52. The van der Waals surface area contributed by atoms with Crippen molar-refractivity contribution in [3.63, 3.8) is 0 Å². The van der Waals surface area contributed by atoms with Crippen LogP contribution in [0.15, 0.2) is 65.0 Å². The summed E-state index contributed by atoms with van der Waals surface area (Å²) in [4.78, 5) is 8.11. The second kappa shape index (κ2) is 8.37. The number of rotatable bonds is 6. The highest BCUT2D eigenvalue weighted by molar-refractivity contribution is 6.30. The van der Waals surface area contributed by atoms with E-state index in [4.69, 9.17) is 22.1 Å². The van der Waals surface area contributed by atoms with Crippen LogP contribution in [0.2, 0.25) is 5.02 Å². The van der Waals surface area contributed by atoms with Gasteiger partial charge in [0.1, 0.15) is 11.4 Å². The molecule has 1 fully saturated rings. The molecule has 1 aliphatic carbocycles. The molecule has 1 aliphatic heterocycles. The highest BCUT2D eigenvalue weighted by atomic mass is 35.5. The lowest BCUT2D eigenvalue weighted by Crippen LogP contribution is -2.11. The number of aliphatic imine (C=N–C) groups is 1. The summed E-state index contributed by atoms with van der Waals surface area (Å²) in [6, 6.07) is 14.3. The van der Waals surface area contributed by atoms with Crippen molar-refractivity contribution in [3.05, 3.63) is 93.1 Å². The molecule has 0 bridgehead atoms. The summed E-state index contributed by atoms with van der Waals surface area (Å²) in [6.45, 7) is 3.12. The zero-order chi connectivity index (χ0) is 24.0. The molecule has 174 valence electrons. The van der Waals surface area contributed by atoms with Crippen molar-refractivity contribution in [2.75, 3.05) is 6.54 Å². The van der Waals surface area contributed by atoms with Gasteiger partial charge >= 0.3 is 0 Å². The maximum Gasteiger partial charge on any atom is 0.165 e. The summed E-state index contributed by atoms with van der Waals surface area (Å²) < 4.78 is 4.03. The molecule has 35 heavy (non-hydrogen) atoms. The van der Waals surface area contributed by atoms with Gasteiger partial charge in [-0.15, -0.1) is 10.2 Å². The third-order valence-electron chi connectivity index (χ3n) is 6.58. The van der Waals surface area contributed by atoms with E-state index < -0.39 is 0 Å². The molecule has 0 atom stereocenters. The maximum atomic E-state index is 8.46. The van der Waals surface area contributed by atoms with Gasteiger partial charge in [-0.05, 0) is 61.5 Å². The lowest BCUT2D eigenvalue weighted by atomic mass is 9.96. The van der Waals surface area contributed by atoms with Crippen LogP contribution in [0.3, 0.4) is 0 Å². The highest BCUT2D eigenvalue weighted by Gasteiger charge is 2.51. The molecule has 0 amide bonds. The minimum atomic E-state index is -0.341. The number of aromatic nitrogens is 5. The number of hydrogen-bond acceptors (Lipinski definition) is 5. The van der Waals surface area contributed by atoms with Crippen LogP contribution >= 0.6 is 11.6 Å². The second-order valence-corrected chi connectivity index (χ2v) is 9.37. The molecule has 0 N–H and O–H groups in total. The van der Waals surface area contributed by atoms with Gasteiger partial charge in [-0.1, -0.05) is 34.9 Å². The van der Waals surface area contributed by atoms with Gasteiger partial charge in [0.2, 0.25) is 0 Å². The maximum absolute atomic E-state index is 8.46. The monoisotopic (exact) mass is 483 g/mol. The van der Waals surface area contributed by atoms with Gasteiger partial charge in [-0.2, -0.15) is 5.10 Å². The smallest absolute Gasteiger partial charge is 0.165 e. The minimum absolute atomic E-state index is 0.341. The second-order valence-electron chi connectivity index (χ2n) is 8.94. The predicted molar refractivity (Wildman–Crippen MR) is 134 cm³/mol. The summed E-state index contributed by atoms with van der Waals surface area (Å²) >= 11 is 6.19. The molecule has 9 nitrogen and oxygen atoms in total. The summed E-state index contributed by atoms with van der Waals surface area (Å²) in [5, 5.41) is 17.7. The first kappa shape index (κ1) is 21.6. The lowest BCUT2D eigenvalue weighted by molar-refractivity contribution is 0.584. The molecule has 2 aromatic heterocycles. The van der Waals surface area contributed by atoms with Crippen LogP contribution in [0.5, 0.6) is 0 Å². The van der Waals surface area contributed by atoms with Crippen LogP contribution in [-0.2, 0) is 12.1 Å². The fraction of sp³-hybridized carbons (Fsp3) is 0.280. The zero-order valence-electron chi connectivity index (χ0n) is 19.1. The molecule has 2 aliphatic rings. The largest absolute Gasteiger partial charge is 0.280 e. The van der Waals surface area contributed by atoms with Crippen LogP contribution < -0.4 is 0 Å². The molecule has 10 heteroatoms. The van der Waals surface area contributed by atoms with E-state index in [0.717, 1.165) is 64.6 Å². The third-order valence-corrected chi connectivity index (χ3v) is 6.83. The molecular weight excluding hydrogens is 462 g/mol. The molecule has 3 heterocycles. The molecule has 2 aromatic carbocycles. The Balaban J connectivity index is 1.47. The standard InChI is InChI=1S/C25H22ClN9/c1-16-31-32-24-25(9-10-25)30-23(17-3-6-20(26)7-4-17)21-13-18(5-8-22(21)35(16)24)19-14-29-34(15-19)12-2-11-28-33-27/h3-8,13-15H,2,9-12H2,1H3. The van der Waals surface area contributed by atoms with Crippen molar-refractivity contribution in [1.82, 2.24) is 24.5 Å². The van der Waals surface area contributed by atoms with E-state index in [1.807, 2.05) is 48.3 Å². The van der Waals surface area contributed by atoms with Gasteiger partial charge < -0.3 is 0 Å². The van der Waals surface area contributed by atoms with Crippen LogP contribution in [0, 0.1) is 6.92 Å². The first-order valence-electron chi connectivity index (χ1n) is 11.5. The van der Waals surface area contributed by atoms with Gasteiger partial charge in [-0.25, -0.2) is 0 Å². The van der Waals surface area contributed by atoms with E-state index in [-0.39, 0.29) is 5.54 Å². The van der Waals surface area contributed by atoms with E-state index in [2.05, 4.69) is 48.1 Å². The molecule has 0 unspecified atom stereocenters. The Kier molecular flexibility index (Phi) is 5.16. The van der Waals surface area contributed by atoms with E-state index in [1.165, 1.54) is 0 Å². The third kappa shape index (κ3) is 3.79. The number of fused-ring (bicyclic) bond motifs is 4. The van der Waals surface area contributed by atoms with E-state index >= 15 is 0 Å². The number of azide groups is 1. The predicted octanol–water partition coefficient (Wildman–Crippen LogP) is 5.63. The molecule has 1 spiro atoms. The van der Waals surface area contributed by atoms with Crippen molar-refractivity contribution < 1.29 is 0 Å². The topological polar surface area (TPSA) is 110 Å². The highest BCUT2D eigenvalue weighted by Crippen LogP contribution is 2.51. The van der Waals surface area contributed by atoms with Crippen molar-refractivity contribution in [2.24, 2.45) is 10.1 Å².